The third kappa shape index (κ3) is 3.09. The van der Waals surface area contributed by atoms with Crippen molar-refractivity contribution in [2.24, 2.45) is 0 Å². The number of methoxy groups -OCH3 is 1. The zero-order valence-electron chi connectivity index (χ0n) is 13.4. The third-order valence-electron chi connectivity index (χ3n) is 3.50. The number of amides is 1. The molecule has 1 amide bonds. The Balaban J connectivity index is 1.83. The molecule has 24 heavy (non-hydrogen) atoms. The maximum Gasteiger partial charge on any atom is 0.281 e. The number of rotatable bonds is 4. The Morgan fingerprint density at radius 3 is 2.58 bits per heavy atom. The fraction of sp³-hybridized carbons (Fsp3) is 0.188. The maximum atomic E-state index is 12.3. The van der Waals surface area contributed by atoms with E-state index in [1.165, 1.54) is 22.2 Å². The van der Waals surface area contributed by atoms with E-state index < -0.39 is 5.91 Å². The molecule has 8 heteroatoms. The van der Waals surface area contributed by atoms with Crippen LogP contribution in [0.2, 0.25) is 0 Å². The van der Waals surface area contributed by atoms with Crippen molar-refractivity contribution in [2.45, 2.75) is 13.8 Å². The zero-order valence-corrected chi connectivity index (χ0v) is 14.2. The quantitative estimate of drug-likeness (QED) is 0.759. The minimum absolute atomic E-state index is 0.0590. The molecule has 2 heterocycles. The molecule has 124 valence electrons. The highest BCUT2D eigenvalue weighted by molar-refractivity contribution is 7.15. The summed E-state index contributed by atoms with van der Waals surface area (Å²) in [5.74, 6) is 0.00411. The highest BCUT2D eigenvalue weighted by Crippen LogP contribution is 2.24. The summed E-state index contributed by atoms with van der Waals surface area (Å²) in [6.07, 6.45) is 1.38. The van der Waals surface area contributed by atoms with Gasteiger partial charge in [-0.3, -0.25) is 10.1 Å². The molecule has 3 rings (SSSR count). The molecule has 0 fully saturated rings. The van der Waals surface area contributed by atoms with E-state index in [1.54, 1.807) is 31.4 Å². The number of thiazole rings is 1. The van der Waals surface area contributed by atoms with E-state index in [4.69, 9.17) is 4.74 Å². The van der Waals surface area contributed by atoms with Gasteiger partial charge in [0.1, 0.15) is 5.75 Å². The minimum Gasteiger partial charge on any atom is -0.504 e. The molecule has 0 spiro atoms. The molecule has 0 unspecified atom stereocenters. The van der Waals surface area contributed by atoms with Gasteiger partial charge in [0.2, 0.25) is 0 Å². The van der Waals surface area contributed by atoms with Crippen molar-refractivity contribution >= 4 is 22.4 Å². The van der Waals surface area contributed by atoms with E-state index in [1.807, 2.05) is 13.8 Å². The molecule has 0 radical (unpaired) electrons. The molecule has 2 aromatic heterocycles. The summed E-state index contributed by atoms with van der Waals surface area (Å²) in [7, 11) is 1.58. The average molecular weight is 344 g/mol. The van der Waals surface area contributed by atoms with Gasteiger partial charge in [-0.2, -0.15) is 5.10 Å². The van der Waals surface area contributed by atoms with Crippen LogP contribution < -0.4 is 10.1 Å². The molecule has 3 aromatic rings. The number of benzene rings is 1. The van der Waals surface area contributed by atoms with Crippen LogP contribution in [0, 0.1) is 13.8 Å². The number of carbonyl (C=O) groups is 1. The number of hydrogen-bond acceptors (Lipinski definition) is 6. The van der Waals surface area contributed by atoms with Gasteiger partial charge in [-0.15, -0.1) is 11.3 Å². The Hall–Kier alpha value is -2.87. The van der Waals surface area contributed by atoms with Crippen molar-refractivity contribution in [3.63, 3.8) is 0 Å². The molecule has 1 aromatic carbocycles. The largest absolute Gasteiger partial charge is 0.504 e. The van der Waals surface area contributed by atoms with Gasteiger partial charge in [0.05, 0.1) is 24.7 Å². The first-order valence-corrected chi connectivity index (χ1v) is 7.98. The first-order chi connectivity index (χ1) is 11.5. The van der Waals surface area contributed by atoms with Crippen LogP contribution in [0.3, 0.4) is 0 Å². The molecular weight excluding hydrogens is 328 g/mol. The van der Waals surface area contributed by atoms with E-state index >= 15 is 0 Å². The Kier molecular flexibility index (Phi) is 4.22. The van der Waals surface area contributed by atoms with Crippen LogP contribution in [0.15, 0.2) is 30.5 Å². The number of anilines is 1. The lowest BCUT2D eigenvalue weighted by molar-refractivity contribution is 0.101. The number of nitrogens with one attached hydrogen (secondary N) is 1. The number of aryl methyl sites for hydroxylation is 2. The summed E-state index contributed by atoms with van der Waals surface area (Å²) in [6.45, 7) is 3.80. The fourth-order valence-electron chi connectivity index (χ4n) is 2.08. The van der Waals surface area contributed by atoms with Crippen LogP contribution in [0.5, 0.6) is 11.5 Å². The van der Waals surface area contributed by atoms with Crippen LogP contribution in [0.4, 0.5) is 5.13 Å². The summed E-state index contributed by atoms with van der Waals surface area (Å²) in [5.41, 5.74) is 1.51. The summed E-state index contributed by atoms with van der Waals surface area (Å²) in [4.78, 5) is 17.6. The Morgan fingerprint density at radius 2 is 2.00 bits per heavy atom. The van der Waals surface area contributed by atoms with E-state index in [0.717, 1.165) is 10.6 Å². The number of ether oxygens (including phenoxy) is 1. The number of aromatic nitrogens is 3. The fourth-order valence-corrected chi connectivity index (χ4v) is 2.89. The minimum atomic E-state index is -0.506. The van der Waals surface area contributed by atoms with Gasteiger partial charge in [0.25, 0.3) is 5.91 Å². The van der Waals surface area contributed by atoms with Crippen molar-refractivity contribution in [1.82, 2.24) is 14.8 Å². The van der Waals surface area contributed by atoms with Gasteiger partial charge in [0.15, 0.2) is 16.6 Å². The SMILES string of the molecule is COc1ccc(-n2cc(O)c(C(=O)Nc3nc(C)c(C)s3)n2)cc1. The van der Waals surface area contributed by atoms with Gasteiger partial charge in [-0.05, 0) is 38.1 Å². The average Bonchev–Trinajstić information content (AvgIpc) is 3.10. The van der Waals surface area contributed by atoms with Crippen molar-refractivity contribution in [3.05, 3.63) is 46.7 Å². The maximum absolute atomic E-state index is 12.3. The first kappa shape index (κ1) is 16.0. The number of aromatic hydroxyl groups is 1. The van der Waals surface area contributed by atoms with Crippen LogP contribution >= 0.6 is 11.3 Å². The van der Waals surface area contributed by atoms with Gasteiger partial charge in [-0.1, -0.05) is 0 Å². The van der Waals surface area contributed by atoms with E-state index in [2.05, 4.69) is 15.4 Å². The predicted molar refractivity (Wildman–Crippen MR) is 91.3 cm³/mol. The lowest BCUT2D eigenvalue weighted by Gasteiger charge is -2.03. The van der Waals surface area contributed by atoms with E-state index in [0.29, 0.717) is 16.6 Å². The van der Waals surface area contributed by atoms with Crippen LogP contribution in [0.1, 0.15) is 21.1 Å². The number of hydrogen-bond donors (Lipinski definition) is 2. The third-order valence-corrected chi connectivity index (χ3v) is 4.48. The highest BCUT2D eigenvalue weighted by Gasteiger charge is 2.18. The lowest BCUT2D eigenvalue weighted by atomic mass is 10.3. The van der Waals surface area contributed by atoms with Crippen molar-refractivity contribution in [1.29, 1.82) is 0 Å². The molecule has 0 aliphatic heterocycles. The second-order valence-electron chi connectivity index (χ2n) is 5.12. The zero-order chi connectivity index (χ0) is 17.3. The van der Waals surface area contributed by atoms with Gasteiger partial charge in [0, 0.05) is 4.88 Å². The van der Waals surface area contributed by atoms with Gasteiger partial charge in [-0.25, -0.2) is 9.67 Å². The topological polar surface area (TPSA) is 89.3 Å². The Morgan fingerprint density at radius 1 is 1.29 bits per heavy atom. The standard InChI is InChI=1S/C16H16N4O3S/c1-9-10(2)24-16(17-9)18-15(22)14-13(21)8-20(19-14)11-4-6-12(23-3)7-5-11/h4-8,21H,1-3H3,(H,17,18,22). The Bertz CT molecular complexity index is 864. The second kappa shape index (κ2) is 6.32. The summed E-state index contributed by atoms with van der Waals surface area (Å²) >= 11 is 1.38. The summed E-state index contributed by atoms with van der Waals surface area (Å²) in [5, 5.41) is 17.3. The molecule has 0 aliphatic carbocycles. The van der Waals surface area contributed by atoms with E-state index in [-0.39, 0.29) is 11.4 Å². The van der Waals surface area contributed by atoms with Crippen molar-refractivity contribution in [2.75, 3.05) is 12.4 Å². The normalized spacial score (nSPS) is 10.6. The van der Waals surface area contributed by atoms with Crippen molar-refractivity contribution < 1.29 is 14.6 Å². The monoisotopic (exact) mass is 344 g/mol. The smallest absolute Gasteiger partial charge is 0.281 e. The predicted octanol–water partition coefficient (Wildman–Crippen LogP) is 2.91. The molecule has 2 N–H and O–H groups in total. The lowest BCUT2D eigenvalue weighted by Crippen LogP contribution is -2.13. The van der Waals surface area contributed by atoms with Crippen LogP contribution in [-0.4, -0.2) is 32.9 Å². The summed E-state index contributed by atoms with van der Waals surface area (Å²) in [6, 6.07) is 7.10. The highest BCUT2D eigenvalue weighted by atomic mass is 32.1. The first-order valence-electron chi connectivity index (χ1n) is 7.16. The van der Waals surface area contributed by atoms with Crippen LogP contribution in [-0.2, 0) is 0 Å². The van der Waals surface area contributed by atoms with Crippen molar-refractivity contribution in [3.8, 4) is 17.2 Å². The van der Waals surface area contributed by atoms with E-state index in [9.17, 15) is 9.90 Å². The number of nitrogens with zero attached hydrogens (tertiary/aromatic N) is 3. The summed E-state index contributed by atoms with van der Waals surface area (Å²) < 4.78 is 6.53. The molecule has 0 bridgehead atoms. The Labute approximate surface area is 142 Å². The van der Waals surface area contributed by atoms with Crippen LogP contribution in [0.25, 0.3) is 5.69 Å². The molecular formula is C16H16N4O3S. The molecule has 0 aliphatic rings. The molecule has 0 saturated heterocycles. The molecule has 0 saturated carbocycles. The molecule has 7 nitrogen and oxygen atoms in total. The van der Waals surface area contributed by atoms with Gasteiger partial charge < -0.3 is 9.84 Å². The number of carbonyl (C=O) groups excluding carboxylic acids is 1. The van der Waals surface area contributed by atoms with Gasteiger partial charge >= 0.3 is 0 Å². The second-order valence-corrected chi connectivity index (χ2v) is 6.32. The molecule has 0 atom stereocenters.